The highest BCUT2D eigenvalue weighted by Gasteiger charge is 2.16. The van der Waals surface area contributed by atoms with Crippen molar-refractivity contribution in [1.29, 1.82) is 5.26 Å². The lowest BCUT2D eigenvalue weighted by Crippen LogP contribution is -2.20. The highest BCUT2D eigenvalue weighted by Crippen LogP contribution is 2.29. The third kappa shape index (κ3) is 4.38. The average molecular weight is 258 g/mol. The molecule has 0 atom stereocenters. The Hall–Kier alpha value is -1.86. The second-order valence-corrected chi connectivity index (χ2v) is 4.88. The maximum absolute atomic E-state index is 11.6. The van der Waals surface area contributed by atoms with Crippen molar-refractivity contribution in [2.24, 2.45) is 5.92 Å². The van der Waals surface area contributed by atoms with Crippen LogP contribution in [-0.2, 0) is 9.53 Å². The number of ether oxygens (including phenoxy) is 1. The van der Waals surface area contributed by atoms with Gasteiger partial charge in [0.25, 0.3) is 0 Å². The Bertz CT molecular complexity index is 458. The number of amides is 1. The predicted octanol–water partition coefficient (Wildman–Crippen LogP) is 2.70. The molecule has 0 unspecified atom stereocenters. The zero-order valence-corrected chi connectivity index (χ0v) is 10.9. The van der Waals surface area contributed by atoms with Crippen LogP contribution in [0.3, 0.4) is 0 Å². The summed E-state index contributed by atoms with van der Waals surface area (Å²) in [6.07, 6.45) is 5.01. The quantitative estimate of drug-likeness (QED) is 0.798. The highest BCUT2D eigenvalue weighted by molar-refractivity contribution is 5.91. The van der Waals surface area contributed by atoms with Gasteiger partial charge in [0.15, 0.2) is 0 Å². The Morgan fingerprint density at radius 1 is 1.37 bits per heavy atom. The Morgan fingerprint density at radius 2 is 2.11 bits per heavy atom. The fourth-order valence-corrected chi connectivity index (χ4v) is 2.02. The first kappa shape index (κ1) is 13.6. The van der Waals surface area contributed by atoms with Gasteiger partial charge in [-0.15, -0.1) is 0 Å². The lowest BCUT2D eigenvalue weighted by atomic mass is 9.83. The number of nitriles is 1. The highest BCUT2D eigenvalue weighted by atomic mass is 16.5. The minimum atomic E-state index is -0.154. The number of nitrogens with zero attached hydrogens (tertiary/aromatic N) is 1. The van der Waals surface area contributed by atoms with Crippen LogP contribution >= 0.6 is 0 Å². The van der Waals surface area contributed by atoms with Gasteiger partial charge in [-0.05, 0) is 36.6 Å². The number of hydrogen-bond acceptors (Lipinski definition) is 3. The third-order valence-electron chi connectivity index (χ3n) is 3.43. The summed E-state index contributed by atoms with van der Waals surface area (Å²) in [7, 11) is 0. The molecule has 1 aromatic carbocycles. The van der Waals surface area contributed by atoms with Crippen molar-refractivity contribution in [3.05, 3.63) is 29.8 Å². The Morgan fingerprint density at radius 3 is 2.68 bits per heavy atom. The zero-order chi connectivity index (χ0) is 13.5. The lowest BCUT2D eigenvalue weighted by Gasteiger charge is -2.24. The molecule has 1 N–H and O–H groups in total. The molecule has 1 amide bonds. The fraction of sp³-hybridized carbons (Fsp3) is 0.467. The van der Waals surface area contributed by atoms with Crippen LogP contribution in [0.15, 0.2) is 24.3 Å². The van der Waals surface area contributed by atoms with E-state index in [1.165, 1.54) is 19.3 Å². The van der Waals surface area contributed by atoms with E-state index < -0.39 is 0 Å². The first-order valence-corrected chi connectivity index (χ1v) is 6.65. The number of anilines is 1. The molecule has 1 fully saturated rings. The summed E-state index contributed by atoms with van der Waals surface area (Å²) in [6.45, 7) is 0.748. The van der Waals surface area contributed by atoms with E-state index in [1.807, 2.05) is 6.07 Å². The van der Waals surface area contributed by atoms with Gasteiger partial charge in [0, 0.05) is 12.3 Å². The first-order valence-electron chi connectivity index (χ1n) is 6.65. The predicted molar refractivity (Wildman–Crippen MR) is 72.6 cm³/mol. The SMILES string of the molecule is N#Cc1ccc(NC(=O)COCCC2CCC2)cc1. The van der Waals surface area contributed by atoms with Crippen LogP contribution < -0.4 is 5.32 Å². The molecule has 1 aromatic rings. The molecule has 0 saturated heterocycles. The van der Waals surface area contributed by atoms with E-state index in [4.69, 9.17) is 10.00 Å². The normalized spacial score (nSPS) is 14.5. The number of hydrogen-bond donors (Lipinski definition) is 1. The number of carbonyl (C=O) groups excluding carboxylic acids is 1. The molecular weight excluding hydrogens is 240 g/mol. The molecule has 4 heteroatoms. The fourth-order valence-electron chi connectivity index (χ4n) is 2.02. The topological polar surface area (TPSA) is 62.1 Å². The standard InChI is InChI=1S/C15H18N2O2/c16-10-13-4-6-14(7-5-13)17-15(18)11-19-9-8-12-2-1-3-12/h4-7,12H,1-3,8-9,11H2,(H,17,18). The van der Waals surface area contributed by atoms with Gasteiger partial charge in [0.05, 0.1) is 11.6 Å². The monoisotopic (exact) mass is 258 g/mol. The third-order valence-corrected chi connectivity index (χ3v) is 3.43. The molecular formula is C15H18N2O2. The van der Waals surface area contributed by atoms with Gasteiger partial charge in [-0.3, -0.25) is 4.79 Å². The Balaban J connectivity index is 1.64. The molecule has 0 heterocycles. The lowest BCUT2D eigenvalue weighted by molar-refractivity contribution is -0.120. The molecule has 1 saturated carbocycles. The van der Waals surface area contributed by atoms with Crippen LogP contribution in [0.1, 0.15) is 31.2 Å². The summed E-state index contributed by atoms with van der Waals surface area (Å²) < 4.78 is 5.35. The van der Waals surface area contributed by atoms with Crippen molar-refractivity contribution in [2.45, 2.75) is 25.7 Å². The second-order valence-electron chi connectivity index (χ2n) is 4.88. The van der Waals surface area contributed by atoms with Crippen LogP contribution in [0.25, 0.3) is 0 Å². The van der Waals surface area contributed by atoms with E-state index in [1.54, 1.807) is 24.3 Å². The minimum absolute atomic E-state index is 0.0900. The molecule has 1 aliphatic carbocycles. The van der Waals surface area contributed by atoms with Crippen LogP contribution in [0.2, 0.25) is 0 Å². The van der Waals surface area contributed by atoms with Gasteiger partial charge >= 0.3 is 0 Å². The molecule has 100 valence electrons. The summed E-state index contributed by atoms with van der Waals surface area (Å²) in [5.41, 5.74) is 1.27. The maximum Gasteiger partial charge on any atom is 0.250 e. The molecule has 19 heavy (non-hydrogen) atoms. The molecule has 4 nitrogen and oxygen atoms in total. The summed E-state index contributed by atoms with van der Waals surface area (Å²) in [6, 6.07) is 8.81. The van der Waals surface area contributed by atoms with E-state index in [9.17, 15) is 4.79 Å². The second kappa shape index (κ2) is 6.91. The molecule has 0 bridgehead atoms. The van der Waals surface area contributed by atoms with E-state index in [-0.39, 0.29) is 12.5 Å². The van der Waals surface area contributed by atoms with Crippen molar-refractivity contribution in [3.8, 4) is 6.07 Å². The largest absolute Gasteiger partial charge is 0.372 e. The van der Waals surface area contributed by atoms with Crippen molar-refractivity contribution >= 4 is 11.6 Å². The van der Waals surface area contributed by atoms with Gasteiger partial charge in [0.1, 0.15) is 6.61 Å². The average Bonchev–Trinajstić information content (AvgIpc) is 2.37. The maximum atomic E-state index is 11.6. The molecule has 0 aliphatic heterocycles. The number of rotatable bonds is 6. The summed E-state index contributed by atoms with van der Waals surface area (Å²) >= 11 is 0. The van der Waals surface area contributed by atoms with Crippen LogP contribution in [-0.4, -0.2) is 19.1 Å². The summed E-state index contributed by atoms with van der Waals surface area (Å²) in [5, 5.41) is 11.4. The van der Waals surface area contributed by atoms with E-state index in [2.05, 4.69) is 5.32 Å². The van der Waals surface area contributed by atoms with E-state index in [0.717, 1.165) is 12.3 Å². The van der Waals surface area contributed by atoms with Crippen molar-refractivity contribution in [1.82, 2.24) is 0 Å². The number of nitrogens with one attached hydrogen (secondary N) is 1. The molecule has 0 spiro atoms. The van der Waals surface area contributed by atoms with Crippen LogP contribution in [0.5, 0.6) is 0 Å². The van der Waals surface area contributed by atoms with Gasteiger partial charge in [0.2, 0.25) is 5.91 Å². The molecule has 0 radical (unpaired) electrons. The van der Waals surface area contributed by atoms with E-state index in [0.29, 0.717) is 17.9 Å². The smallest absolute Gasteiger partial charge is 0.250 e. The molecule has 0 aromatic heterocycles. The Kier molecular flexibility index (Phi) is 4.93. The van der Waals surface area contributed by atoms with E-state index >= 15 is 0 Å². The summed E-state index contributed by atoms with van der Waals surface area (Å²) in [5.74, 6) is 0.653. The summed E-state index contributed by atoms with van der Waals surface area (Å²) in [4.78, 5) is 11.6. The van der Waals surface area contributed by atoms with Gasteiger partial charge in [-0.1, -0.05) is 19.3 Å². The van der Waals surface area contributed by atoms with Crippen molar-refractivity contribution < 1.29 is 9.53 Å². The molecule has 1 aliphatic rings. The molecule has 2 rings (SSSR count). The van der Waals surface area contributed by atoms with Crippen LogP contribution in [0, 0.1) is 17.2 Å². The van der Waals surface area contributed by atoms with Crippen LogP contribution in [0.4, 0.5) is 5.69 Å². The number of carbonyl (C=O) groups is 1. The Labute approximate surface area is 113 Å². The van der Waals surface area contributed by atoms with Gasteiger partial charge in [-0.2, -0.15) is 5.26 Å². The minimum Gasteiger partial charge on any atom is -0.372 e. The van der Waals surface area contributed by atoms with Crippen molar-refractivity contribution in [2.75, 3.05) is 18.5 Å². The van der Waals surface area contributed by atoms with Crippen molar-refractivity contribution in [3.63, 3.8) is 0 Å². The zero-order valence-electron chi connectivity index (χ0n) is 10.9. The van der Waals surface area contributed by atoms with Gasteiger partial charge < -0.3 is 10.1 Å². The first-order chi connectivity index (χ1) is 9.28. The number of benzene rings is 1. The van der Waals surface area contributed by atoms with Gasteiger partial charge in [-0.25, -0.2) is 0 Å².